The van der Waals surface area contributed by atoms with Crippen LogP contribution in [-0.4, -0.2) is 71.8 Å². The highest BCUT2D eigenvalue weighted by Crippen LogP contribution is 2.44. The van der Waals surface area contributed by atoms with Gasteiger partial charge in [-0.1, -0.05) is 17.7 Å². The minimum Gasteiger partial charge on any atom is -0.342 e. The molecule has 4 rings (SSSR count). The van der Waals surface area contributed by atoms with E-state index in [1.54, 1.807) is 15.9 Å². The Morgan fingerprint density at radius 1 is 1.10 bits per heavy atom. The predicted molar refractivity (Wildman–Crippen MR) is 106 cm³/mol. The molecule has 0 unspecified atom stereocenters. The van der Waals surface area contributed by atoms with Crippen molar-refractivity contribution < 1.29 is 18.8 Å². The van der Waals surface area contributed by atoms with Crippen LogP contribution in [0, 0.1) is 17.2 Å². The lowest BCUT2D eigenvalue weighted by Crippen LogP contribution is -2.49. The Morgan fingerprint density at radius 2 is 1.76 bits per heavy atom. The molecule has 1 aromatic carbocycles. The first-order valence-electron chi connectivity index (χ1n) is 9.86. The van der Waals surface area contributed by atoms with Crippen LogP contribution in [0.2, 0.25) is 5.02 Å². The first-order chi connectivity index (χ1) is 13.8. The Bertz CT molecular complexity index is 860. The minimum atomic E-state index is -0.791. The van der Waals surface area contributed by atoms with E-state index in [2.05, 4.69) is 5.32 Å². The van der Waals surface area contributed by atoms with Crippen molar-refractivity contribution >= 4 is 35.1 Å². The van der Waals surface area contributed by atoms with E-state index < -0.39 is 17.3 Å². The highest BCUT2D eigenvalue weighted by Gasteiger charge is 2.59. The van der Waals surface area contributed by atoms with Crippen molar-refractivity contribution in [3.63, 3.8) is 0 Å². The van der Waals surface area contributed by atoms with Gasteiger partial charge in [0.25, 0.3) is 0 Å². The van der Waals surface area contributed by atoms with Crippen LogP contribution in [0.25, 0.3) is 0 Å². The maximum Gasteiger partial charge on any atom is 0.321 e. The molecule has 0 bridgehead atoms. The van der Waals surface area contributed by atoms with Gasteiger partial charge in [-0.25, -0.2) is 9.18 Å². The number of urea groups is 1. The smallest absolute Gasteiger partial charge is 0.321 e. The van der Waals surface area contributed by atoms with Gasteiger partial charge in [0.05, 0.1) is 16.1 Å². The molecule has 1 aromatic rings. The predicted octanol–water partition coefficient (Wildman–Crippen LogP) is 2.41. The molecule has 9 heteroatoms. The van der Waals surface area contributed by atoms with Crippen LogP contribution < -0.4 is 5.32 Å². The first-order valence-corrected chi connectivity index (χ1v) is 10.2. The van der Waals surface area contributed by atoms with Gasteiger partial charge in [-0.15, -0.1) is 0 Å². The molecule has 156 valence electrons. The molecular weight excluding hydrogens is 399 g/mol. The number of anilines is 1. The summed E-state index contributed by atoms with van der Waals surface area (Å²) in [6.45, 7) is 4.26. The Balaban J connectivity index is 1.55. The van der Waals surface area contributed by atoms with Crippen LogP contribution in [0.4, 0.5) is 14.9 Å². The summed E-state index contributed by atoms with van der Waals surface area (Å²) in [6, 6.07) is 3.94. The summed E-state index contributed by atoms with van der Waals surface area (Å²) in [5.74, 6) is -0.861. The third kappa shape index (κ3) is 3.43. The van der Waals surface area contributed by atoms with Crippen molar-refractivity contribution in [3.05, 3.63) is 29.0 Å². The fourth-order valence-electron chi connectivity index (χ4n) is 4.79. The highest BCUT2D eigenvalue weighted by atomic mass is 35.5. The quantitative estimate of drug-likeness (QED) is 0.795. The molecule has 7 nitrogen and oxygen atoms in total. The summed E-state index contributed by atoms with van der Waals surface area (Å²) < 4.78 is 14.2. The maximum absolute atomic E-state index is 14.2. The monoisotopic (exact) mass is 422 g/mol. The Kier molecular flexibility index (Phi) is 5.14. The second kappa shape index (κ2) is 7.48. The second-order valence-corrected chi connectivity index (χ2v) is 8.57. The molecule has 0 spiro atoms. The topological polar surface area (TPSA) is 73.0 Å². The van der Waals surface area contributed by atoms with Crippen LogP contribution in [0.3, 0.4) is 0 Å². The van der Waals surface area contributed by atoms with Crippen molar-refractivity contribution in [1.29, 1.82) is 0 Å². The standard InChI is InChI=1S/C20H24ClFN4O3/c1-13(27)25-9-14-10-26(19(29)23-16-6-4-5-15(21)17(16)22)12-20(14,11-25)18(28)24-7-2-3-8-24/h4-6,14H,2-3,7-12H2,1H3,(H,23,29)/t14-,20-/m0/s1. The number of carbonyl (C=O) groups is 3. The number of benzene rings is 1. The SMILES string of the molecule is CC(=O)N1C[C@H]2CN(C(=O)Nc3cccc(Cl)c3F)C[C@@]2(C(=O)N2CCCC2)C1. The Labute approximate surface area is 173 Å². The van der Waals surface area contributed by atoms with Crippen molar-refractivity contribution in [3.8, 4) is 0 Å². The highest BCUT2D eigenvalue weighted by molar-refractivity contribution is 6.31. The molecule has 0 aromatic heterocycles. The summed E-state index contributed by atoms with van der Waals surface area (Å²) >= 11 is 5.79. The fraction of sp³-hybridized carbons (Fsp3) is 0.550. The van der Waals surface area contributed by atoms with E-state index in [-0.39, 0.29) is 35.0 Å². The summed E-state index contributed by atoms with van der Waals surface area (Å²) in [7, 11) is 0. The number of hydrogen-bond donors (Lipinski definition) is 1. The van der Waals surface area contributed by atoms with E-state index in [0.29, 0.717) is 32.7 Å². The normalized spacial score (nSPS) is 26.0. The van der Waals surface area contributed by atoms with Gasteiger partial charge < -0.3 is 20.0 Å². The average Bonchev–Trinajstić information content (AvgIpc) is 3.39. The van der Waals surface area contributed by atoms with Crippen LogP contribution in [0.15, 0.2) is 18.2 Å². The van der Waals surface area contributed by atoms with E-state index in [4.69, 9.17) is 11.6 Å². The summed E-state index contributed by atoms with van der Waals surface area (Å²) in [5, 5.41) is 2.49. The van der Waals surface area contributed by atoms with Crippen molar-refractivity contribution in [1.82, 2.24) is 14.7 Å². The lowest BCUT2D eigenvalue weighted by atomic mass is 9.79. The number of fused-ring (bicyclic) bond motifs is 1. The molecule has 3 aliphatic heterocycles. The zero-order valence-corrected chi connectivity index (χ0v) is 17.0. The third-order valence-electron chi connectivity index (χ3n) is 6.35. The number of hydrogen-bond acceptors (Lipinski definition) is 3. The van der Waals surface area contributed by atoms with E-state index in [0.717, 1.165) is 12.8 Å². The number of amides is 4. The van der Waals surface area contributed by atoms with E-state index in [1.807, 2.05) is 4.90 Å². The summed E-state index contributed by atoms with van der Waals surface area (Å²) in [5.41, 5.74) is -0.787. The average molecular weight is 423 g/mol. The van der Waals surface area contributed by atoms with Gasteiger partial charge in [-0.3, -0.25) is 9.59 Å². The third-order valence-corrected chi connectivity index (χ3v) is 6.65. The molecule has 3 saturated heterocycles. The van der Waals surface area contributed by atoms with Gasteiger partial charge in [0.15, 0.2) is 5.82 Å². The molecule has 3 aliphatic rings. The number of likely N-dealkylation sites (tertiary alicyclic amines) is 3. The second-order valence-electron chi connectivity index (χ2n) is 8.16. The van der Waals surface area contributed by atoms with Gasteiger partial charge in [-0.2, -0.15) is 0 Å². The zero-order chi connectivity index (χ0) is 20.8. The minimum absolute atomic E-state index is 0.00448. The zero-order valence-electron chi connectivity index (χ0n) is 16.3. The van der Waals surface area contributed by atoms with Gasteiger partial charge in [0.1, 0.15) is 0 Å². The van der Waals surface area contributed by atoms with Crippen LogP contribution >= 0.6 is 11.6 Å². The van der Waals surface area contributed by atoms with Crippen LogP contribution in [0.5, 0.6) is 0 Å². The summed E-state index contributed by atoms with van der Waals surface area (Å²) in [6.07, 6.45) is 1.95. The molecule has 3 heterocycles. The van der Waals surface area contributed by atoms with Crippen LogP contribution in [0.1, 0.15) is 19.8 Å². The number of halogens is 2. The summed E-state index contributed by atoms with van der Waals surface area (Å²) in [4.78, 5) is 43.3. The molecule has 3 fully saturated rings. The van der Waals surface area contributed by atoms with Gasteiger partial charge >= 0.3 is 6.03 Å². The lowest BCUT2D eigenvalue weighted by Gasteiger charge is -2.32. The molecule has 0 aliphatic carbocycles. The Morgan fingerprint density at radius 3 is 2.45 bits per heavy atom. The van der Waals surface area contributed by atoms with Crippen LogP contribution in [-0.2, 0) is 9.59 Å². The van der Waals surface area contributed by atoms with Gasteiger partial charge in [0.2, 0.25) is 11.8 Å². The van der Waals surface area contributed by atoms with Crippen molar-refractivity contribution in [2.45, 2.75) is 19.8 Å². The molecule has 1 N–H and O–H groups in total. The molecule has 4 amide bonds. The van der Waals surface area contributed by atoms with Crippen molar-refractivity contribution in [2.24, 2.45) is 11.3 Å². The Hall–Kier alpha value is -2.35. The van der Waals surface area contributed by atoms with E-state index in [1.165, 1.54) is 19.1 Å². The molecule has 0 radical (unpaired) electrons. The van der Waals surface area contributed by atoms with E-state index >= 15 is 0 Å². The first kappa shape index (κ1) is 19.9. The molecule has 2 atom stereocenters. The number of nitrogens with one attached hydrogen (secondary N) is 1. The molecular formula is C20H24ClFN4O3. The molecule has 0 saturated carbocycles. The van der Waals surface area contributed by atoms with Crippen molar-refractivity contribution in [2.75, 3.05) is 44.6 Å². The number of carbonyl (C=O) groups excluding carboxylic acids is 3. The fourth-order valence-corrected chi connectivity index (χ4v) is 4.97. The maximum atomic E-state index is 14.2. The van der Waals surface area contributed by atoms with Gasteiger partial charge in [0, 0.05) is 52.1 Å². The molecule has 29 heavy (non-hydrogen) atoms. The largest absolute Gasteiger partial charge is 0.342 e. The van der Waals surface area contributed by atoms with E-state index in [9.17, 15) is 18.8 Å². The number of nitrogens with zero attached hydrogens (tertiary/aromatic N) is 3. The van der Waals surface area contributed by atoms with Gasteiger partial charge in [-0.05, 0) is 25.0 Å². The lowest BCUT2D eigenvalue weighted by molar-refractivity contribution is -0.141. The number of rotatable bonds is 2.